The molecule has 0 fully saturated rings. The molecule has 0 bridgehead atoms. The van der Waals surface area contributed by atoms with Crippen molar-refractivity contribution in [1.29, 1.82) is 0 Å². The quantitative estimate of drug-likeness (QED) is 0.531. The molecule has 4 heteroatoms. The van der Waals surface area contributed by atoms with Gasteiger partial charge in [0.2, 0.25) is 0 Å². The van der Waals surface area contributed by atoms with Crippen LogP contribution in [0.3, 0.4) is 0 Å². The lowest BCUT2D eigenvalue weighted by Gasteiger charge is -2.09. The lowest BCUT2D eigenvalue weighted by molar-refractivity contribution is 0.103. The molecule has 0 heterocycles. The summed E-state index contributed by atoms with van der Waals surface area (Å²) in [6.07, 6.45) is 0. The van der Waals surface area contributed by atoms with Crippen molar-refractivity contribution in [2.45, 2.75) is 13.8 Å². The number of halogens is 3. The average Bonchev–Trinajstić information content (AvgIpc) is 2.36. The van der Waals surface area contributed by atoms with E-state index in [0.717, 1.165) is 24.5 Å². The van der Waals surface area contributed by atoms with E-state index in [0.29, 0.717) is 11.1 Å². The number of hydrogen-bond acceptors (Lipinski definition) is 1. The van der Waals surface area contributed by atoms with Gasteiger partial charge in [0.1, 0.15) is 0 Å². The number of benzene rings is 2. The molecule has 19 heavy (non-hydrogen) atoms. The molecule has 0 saturated carbocycles. The van der Waals surface area contributed by atoms with E-state index in [2.05, 4.69) is 47.8 Å². The third kappa shape index (κ3) is 3.18. The second-order valence-electron chi connectivity index (χ2n) is 4.37. The van der Waals surface area contributed by atoms with Crippen LogP contribution in [0.25, 0.3) is 0 Å². The molecule has 2 rings (SSSR count). The lowest BCUT2D eigenvalue weighted by Crippen LogP contribution is -2.05. The van der Waals surface area contributed by atoms with Crippen LogP contribution < -0.4 is 0 Å². The second kappa shape index (κ2) is 5.90. The van der Waals surface area contributed by atoms with Crippen molar-refractivity contribution in [3.8, 4) is 0 Å². The van der Waals surface area contributed by atoms with Gasteiger partial charge in [-0.15, -0.1) is 0 Å². The van der Waals surface area contributed by atoms with Crippen LogP contribution in [0.5, 0.6) is 0 Å². The molecule has 0 radical (unpaired) electrons. The zero-order valence-corrected chi connectivity index (χ0v) is 15.2. The number of hydrogen-bond donors (Lipinski definition) is 0. The first-order valence-corrected chi connectivity index (χ1v) is 8.04. The molecule has 0 N–H and O–H groups in total. The Balaban J connectivity index is 2.56. The lowest BCUT2D eigenvalue weighted by atomic mass is 9.98. The average molecular weight is 447 g/mol. The van der Waals surface area contributed by atoms with Gasteiger partial charge in [-0.25, -0.2) is 0 Å². The van der Waals surface area contributed by atoms with Gasteiger partial charge in [0.05, 0.1) is 0 Å². The highest BCUT2D eigenvalue weighted by Crippen LogP contribution is 2.28. The van der Waals surface area contributed by atoms with Crippen molar-refractivity contribution >= 4 is 53.6 Å². The Labute approximate surface area is 137 Å². The molecule has 0 aromatic heterocycles. The topological polar surface area (TPSA) is 17.1 Å². The van der Waals surface area contributed by atoms with Gasteiger partial charge in [-0.1, -0.05) is 53.9 Å². The van der Waals surface area contributed by atoms with Gasteiger partial charge >= 0.3 is 0 Å². The number of carbonyl (C=O) groups excluding carboxylic acids is 1. The normalized spacial score (nSPS) is 10.6. The Bertz CT molecular complexity index is 663. The summed E-state index contributed by atoms with van der Waals surface area (Å²) in [5.41, 5.74) is 3.44. The van der Waals surface area contributed by atoms with Crippen molar-refractivity contribution in [1.82, 2.24) is 0 Å². The van der Waals surface area contributed by atoms with E-state index in [9.17, 15) is 4.79 Å². The molecule has 0 unspecified atom stereocenters. The van der Waals surface area contributed by atoms with Crippen molar-refractivity contribution < 1.29 is 4.79 Å². The highest BCUT2D eigenvalue weighted by Gasteiger charge is 2.16. The zero-order valence-electron chi connectivity index (χ0n) is 10.4. The Kier molecular flexibility index (Phi) is 4.64. The minimum Gasteiger partial charge on any atom is -0.289 e. The third-order valence-electron chi connectivity index (χ3n) is 2.94. The first-order chi connectivity index (χ1) is 8.90. The molecular formula is C15H11Br3O. The number of carbonyl (C=O) groups is 1. The monoisotopic (exact) mass is 444 g/mol. The van der Waals surface area contributed by atoms with Gasteiger partial charge in [-0.05, 0) is 49.2 Å². The SMILES string of the molecule is Cc1cc(Br)c(C(=O)c2cc(Br)ccc2C)cc1Br. The Morgan fingerprint density at radius 1 is 0.842 bits per heavy atom. The highest BCUT2D eigenvalue weighted by molar-refractivity contribution is 9.11. The number of aryl methyl sites for hydroxylation is 2. The molecule has 1 nitrogen and oxygen atoms in total. The maximum absolute atomic E-state index is 12.6. The van der Waals surface area contributed by atoms with Crippen molar-refractivity contribution in [3.63, 3.8) is 0 Å². The maximum atomic E-state index is 12.6. The third-order valence-corrected chi connectivity index (χ3v) is 4.94. The second-order valence-corrected chi connectivity index (χ2v) is 6.99. The maximum Gasteiger partial charge on any atom is 0.194 e. The summed E-state index contributed by atoms with van der Waals surface area (Å²) < 4.78 is 2.66. The highest BCUT2D eigenvalue weighted by atomic mass is 79.9. The molecule has 2 aromatic rings. The summed E-state index contributed by atoms with van der Waals surface area (Å²) in [7, 11) is 0. The summed E-state index contributed by atoms with van der Waals surface area (Å²) in [6.45, 7) is 3.93. The molecular weight excluding hydrogens is 436 g/mol. The van der Waals surface area contributed by atoms with Gasteiger partial charge in [0, 0.05) is 24.5 Å². The fourth-order valence-corrected chi connectivity index (χ4v) is 3.15. The van der Waals surface area contributed by atoms with Crippen LogP contribution in [0.4, 0.5) is 0 Å². The number of ketones is 1. The van der Waals surface area contributed by atoms with Crippen LogP contribution in [0.1, 0.15) is 27.0 Å². The Morgan fingerprint density at radius 3 is 2.21 bits per heavy atom. The summed E-state index contributed by atoms with van der Waals surface area (Å²) in [4.78, 5) is 12.6. The van der Waals surface area contributed by atoms with Crippen molar-refractivity contribution in [3.05, 3.63) is 66.0 Å². The van der Waals surface area contributed by atoms with Crippen LogP contribution >= 0.6 is 47.8 Å². The summed E-state index contributed by atoms with van der Waals surface area (Å²) >= 11 is 10.3. The molecule has 0 aliphatic carbocycles. The molecule has 0 aliphatic heterocycles. The van der Waals surface area contributed by atoms with E-state index in [1.165, 1.54) is 0 Å². The molecule has 0 spiro atoms. The van der Waals surface area contributed by atoms with Gasteiger partial charge in [0.25, 0.3) is 0 Å². The molecule has 2 aromatic carbocycles. The Hall–Kier alpha value is -0.450. The fourth-order valence-electron chi connectivity index (χ4n) is 1.80. The van der Waals surface area contributed by atoms with E-state index >= 15 is 0 Å². The Morgan fingerprint density at radius 2 is 1.53 bits per heavy atom. The first kappa shape index (κ1) is 14.9. The van der Waals surface area contributed by atoms with Gasteiger partial charge in [-0.3, -0.25) is 4.79 Å². The fraction of sp³-hybridized carbons (Fsp3) is 0.133. The van der Waals surface area contributed by atoms with Crippen LogP contribution in [0.15, 0.2) is 43.7 Å². The van der Waals surface area contributed by atoms with E-state index in [-0.39, 0.29) is 5.78 Å². The van der Waals surface area contributed by atoms with Gasteiger partial charge < -0.3 is 0 Å². The van der Waals surface area contributed by atoms with Crippen molar-refractivity contribution in [2.24, 2.45) is 0 Å². The first-order valence-electron chi connectivity index (χ1n) is 5.66. The summed E-state index contributed by atoms with van der Waals surface area (Å²) in [5.74, 6) is 0.0198. The number of rotatable bonds is 2. The molecule has 0 saturated heterocycles. The van der Waals surface area contributed by atoms with E-state index in [1.807, 2.05) is 44.2 Å². The summed E-state index contributed by atoms with van der Waals surface area (Å²) in [6, 6.07) is 9.55. The summed E-state index contributed by atoms with van der Waals surface area (Å²) in [5, 5.41) is 0. The van der Waals surface area contributed by atoms with Crippen LogP contribution in [-0.4, -0.2) is 5.78 Å². The largest absolute Gasteiger partial charge is 0.289 e. The van der Waals surface area contributed by atoms with E-state index in [1.54, 1.807) is 0 Å². The van der Waals surface area contributed by atoms with E-state index in [4.69, 9.17) is 0 Å². The predicted molar refractivity (Wildman–Crippen MR) is 88.9 cm³/mol. The standard InChI is InChI=1S/C15H11Br3O/c1-8-3-4-10(16)6-11(8)15(19)12-7-13(17)9(2)5-14(12)18/h3-7H,1-2H3. The molecule has 0 amide bonds. The van der Waals surface area contributed by atoms with Crippen LogP contribution in [0, 0.1) is 13.8 Å². The minimum absolute atomic E-state index is 0.0198. The molecule has 0 aliphatic rings. The van der Waals surface area contributed by atoms with Gasteiger partial charge in [0.15, 0.2) is 5.78 Å². The smallest absolute Gasteiger partial charge is 0.194 e. The predicted octanol–water partition coefficient (Wildman–Crippen LogP) is 5.82. The zero-order chi connectivity index (χ0) is 14.2. The minimum atomic E-state index is 0.0198. The van der Waals surface area contributed by atoms with Crippen LogP contribution in [-0.2, 0) is 0 Å². The van der Waals surface area contributed by atoms with Crippen LogP contribution in [0.2, 0.25) is 0 Å². The van der Waals surface area contributed by atoms with Gasteiger partial charge in [-0.2, -0.15) is 0 Å². The molecule has 98 valence electrons. The van der Waals surface area contributed by atoms with Crippen molar-refractivity contribution in [2.75, 3.05) is 0 Å². The van der Waals surface area contributed by atoms with E-state index < -0.39 is 0 Å². The molecule has 0 atom stereocenters.